The van der Waals surface area contributed by atoms with Crippen molar-refractivity contribution < 1.29 is 13.2 Å². The first-order valence-corrected chi connectivity index (χ1v) is 10.7. The van der Waals surface area contributed by atoms with E-state index in [0.717, 1.165) is 32.4 Å². The van der Waals surface area contributed by atoms with Crippen molar-refractivity contribution in [3.8, 4) is 0 Å². The standard InChI is InChI=1S/C20H22ClNO3S/c21-17-9-11-18(12-10-17)26(24,25)19(15-22-13-5-2-6-14-22)20(23)16-7-3-1-4-8-16/h1,3-4,7-12,19H,2,5-6,13-15H2/t19-/m0/s1. The van der Waals surface area contributed by atoms with E-state index in [-0.39, 0.29) is 17.2 Å². The van der Waals surface area contributed by atoms with Gasteiger partial charge >= 0.3 is 0 Å². The maximum absolute atomic E-state index is 13.2. The highest BCUT2D eigenvalue weighted by atomic mass is 35.5. The number of benzene rings is 2. The molecule has 3 rings (SSSR count). The summed E-state index contributed by atoms with van der Waals surface area (Å²) in [5, 5.41) is -0.657. The quantitative estimate of drug-likeness (QED) is 0.702. The van der Waals surface area contributed by atoms with Gasteiger partial charge in [0.1, 0.15) is 5.25 Å². The number of rotatable bonds is 6. The molecule has 0 saturated carbocycles. The van der Waals surface area contributed by atoms with E-state index in [2.05, 4.69) is 4.90 Å². The van der Waals surface area contributed by atoms with Gasteiger partial charge in [-0.25, -0.2) is 8.42 Å². The zero-order chi connectivity index (χ0) is 18.6. The Balaban J connectivity index is 1.95. The van der Waals surface area contributed by atoms with E-state index < -0.39 is 15.1 Å². The molecule has 2 aromatic carbocycles. The highest BCUT2D eigenvalue weighted by Crippen LogP contribution is 2.23. The normalized spacial score (nSPS) is 17.0. The van der Waals surface area contributed by atoms with E-state index in [0.29, 0.717) is 10.6 Å². The van der Waals surface area contributed by atoms with E-state index in [4.69, 9.17) is 11.6 Å². The number of piperidine rings is 1. The van der Waals surface area contributed by atoms with Crippen LogP contribution in [0.1, 0.15) is 29.6 Å². The molecule has 6 heteroatoms. The topological polar surface area (TPSA) is 54.5 Å². The first-order valence-electron chi connectivity index (χ1n) is 8.79. The molecule has 0 aromatic heterocycles. The van der Waals surface area contributed by atoms with Crippen LogP contribution in [0.25, 0.3) is 0 Å². The molecule has 1 aliphatic heterocycles. The summed E-state index contributed by atoms with van der Waals surface area (Å²) in [5.41, 5.74) is 0.423. The number of hydrogen-bond acceptors (Lipinski definition) is 4. The Labute approximate surface area is 159 Å². The Morgan fingerprint density at radius 2 is 1.58 bits per heavy atom. The van der Waals surface area contributed by atoms with Gasteiger partial charge in [-0.05, 0) is 50.2 Å². The fourth-order valence-electron chi connectivity index (χ4n) is 3.28. The number of Topliss-reactive ketones (excluding diaryl/α,β-unsaturated/α-hetero) is 1. The first-order chi connectivity index (χ1) is 12.5. The van der Waals surface area contributed by atoms with Crippen LogP contribution in [0.2, 0.25) is 5.02 Å². The van der Waals surface area contributed by atoms with Crippen LogP contribution in [-0.4, -0.2) is 44.0 Å². The molecule has 0 radical (unpaired) electrons. The fraction of sp³-hybridized carbons (Fsp3) is 0.350. The summed E-state index contributed by atoms with van der Waals surface area (Å²) in [6.07, 6.45) is 3.22. The third kappa shape index (κ3) is 4.34. The molecule has 0 unspecified atom stereocenters. The second-order valence-electron chi connectivity index (χ2n) is 6.58. The lowest BCUT2D eigenvalue weighted by atomic mass is 10.1. The summed E-state index contributed by atoms with van der Waals surface area (Å²) >= 11 is 5.89. The molecule has 0 spiro atoms. The van der Waals surface area contributed by atoms with Gasteiger partial charge in [0, 0.05) is 17.1 Å². The average Bonchev–Trinajstić information content (AvgIpc) is 2.67. The van der Waals surface area contributed by atoms with Crippen LogP contribution in [0.5, 0.6) is 0 Å². The molecule has 1 heterocycles. The van der Waals surface area contributed by atoms with E-state index in [9.17, 15) is 13.2 Å². The molecule has 0 aliphatic carbocycles. The minimum atomic E-state index is -3.81. The lowest BCUT2D eigenvalue weighted by molar-refractivity contribution is 0.0963. The zero-order valence-electron chi connectivity index (χ0n) is 14.5. The Morgan fingerprint density at radius 3 is 2.19 bits per heavy atom. The summed E-state index contributed by atoms with van der Waals surface area (Å²) in [5.74, 6) is -0.355. The van der Waals surface area contributed by atoms with Gasteiger partial charge in [0.05, 0.1) is 4.90 Å². The predicted molar refractivity (Wildman–Crippen MR) is 103 cm³/mol. The van der Waals surface area contributed by atoms with Crippen LogP contribution in [0.4, 0.5) is 0 Å². The predicted octanol–water partition coefficient (Wildman–Crippen LogP) is 3.85. The number of hydrogen-bond donors (Lipinski definition) is 0. The van der Waals surface area contributed by atoms with Gasteiger partial charge in [0.2, 0.25) is 0 Å². The molecule has 0 bridgehead atoms. The van der Waals surface area contributed by atoms with Crippen LogP contribution < -0.4 is 0 Å². The summed E-state index contributed by atoms with van der Waals surface area (Å²) in [7, 11) is -3.81. The van der Waals surface area contributed by atoms with Gasteiger partial charge in [0.25, 0.3) is 0 Å². The smallest absolute Gasteiger partial charge is 0.189 e. The first kappa shape index (κ1) is 19.1. The number of carbonyl (C=O) groups excluding carboxylic acids is 1. The van der Waals surface area contributed by atoms with E-state index in [1.54, 1.807) is 36.4 Å². The maximum atomic E-state index is 13.2. The van der Waals surface area contributed by atoms with Gasteiger partial charge in [0.15, 0.2) is 15.6 Å². The minimum Gasteiger partial charge on any atom is -0.302 e. The highest BCUT2D eigenvalue weighted by Gasteiger charge is 2.36. The molecular weight excluding hydrogens is 370 g/mol. The third-order valence-corrected chi connectivity index (χ3v) is 7.03. The van der Waals surface area contributed by atoms with Crippen molar-refractivity contribution >= 4 is 27.2 Å². The summed E-state index contributed by atoms with van der Waals surface area (Å²) in [6, 6.07) is 14.7. The number of carbonyl (C=O) groups is 1. The van der Waals surface area contributed by atoms with E-state index >= 15 is 0 Å². The van der Waals surface area contributed by atoms with Crippen LogP contribution >= 0.6 is 11.6 Å². The largest absolute Gasteiger partial charge is 0.302 e. The molecule has 0 N–H and O–H groups in total. The molecule has 1 aliphatic rings. The average molecular weight is 392 g/mol. The summed E-state index contributed by atoms with van der Waals surface area (Å²) in [6.45, 7) is 1.88. The van der Waals surface area contributed by atoms with Crippen LogP contribution in [-0.2, 0) is 9.84 Å². The molecule has 1 fully saturated rings. The van der Waals surface area contributed by atoms with Crippen molar-refractivity contribution in [2.24, 2.45) is 0 Å². The van der Waals surface area contributed by atoms with Gasteiger partial charge in [-0.2, -0.15) is 0 Å². The van der Waals surface area contributed by atoms with Crippen molar-refractivity contribution in [1.29, 1.82) is 0 Å². The molecule has 1 atom stereocenters. The molecule has 26 heavy (non-hydrogen) atoms. The number of sulfone groups is 1. The van der Waals surface area contributed by atoms with Crippen LogP contribution in [0.3, 0.4) is 0 Å². The lowest BCUT2D eigenvalue weighted by Gasteiger charge is -2.29. The monoisotopic (exact) mass is 391 g/mol. The lowest BCUT2D eigenvalue weighted by Crippen LogP contribution is -2.44. The highest BCUT2D eigenvalue weighted by molar-refractivity contribution is 7.92. The molecule has 4 nitrogen and oxygen atoms in total. The van der Waals surface area contributed by atoms with E-state index in [1.807, 2.05) is 6.07 Å². The molecule has 0 amide bonds. The van der Waals surface area contributed by atoms with Crippen molar-refractivity contribution in [2.75, 3.05) is 19.6 Å². The Kier molecular flexibility index (Phi) is 6.12. The number of ketones is 1. The zero-order valence-corrected chi connectivity index (χ0v) is 16.0. The number of nitrogens with zero attached hydrogens (tertiary/aromatic N) is 1. The van der Waals surface area contributed by atoms with Gasteiger partial charge in [-0.1, -0.05) is 48.4 Å². The van der Waals surface area contributed by atoms with Gasteiger partial charge in [-0.15, -0.1) is 0 Å². The van der Waals surface area contributed by atoms with Crippen LogP contribution in [0.15, 0.2) is 59.5 Å². The van der Waals surface area contributed by atoms with Gasteiger partial charge < -0.3 is 4.90 Å². The minimum absolute atomic E-state index is 0.133. The van der Waals surface area contributed by atoms with Crippen LogP contribution in [0, 0.1) is 0 Å². The molecular formula is C20H22ClNO3S. The maximum Gasteiger partial charge on any atom is 0.189 e. The molecule has 138 valence electrons. The van der Waals surface area contributed by atoms with Crippen molar-refractivity contribution in [1.82, 2.24) is 4.90 Å². The second-order valence-corrected chi connectivity index (χ2v) is 9.15. The van der Waals surface area contributed by atoms with Crippen molar-refractivity contribution in [3.63, 3.8) is 0 Å². The van der Waals surface area contributed by atoms with Crippen molar-refractivity contribution in [2.45, 2.75) is 29.4 Å². The second kappa shape index (κ2) is 8.33. The number of halogens is 1. The fourth-order valence-corrected chi connectivity index (χ4v) is 5.07. The van der Waals surface area contributed by atoms with E-state index in [1.165, 1.54) is 12.1 Å². The molecule has 1 saturated heterocycles. The van der Waals surface area contributed by atoms with Gasteiger partial charge in [-0.3, -0.25) is 4.79 Å². The van der Waals surface area contributed by atoms with Crippen molar-refractivity contribution in [3.05, 3.63) is 65.2 Å². The summed E-state index contributed by atoms with van der Waals surface area (Å²) < 4.78 is 26.5. The summed E-state index contributed by atoms with van der Waals surface area (Å²) in [4.78, 5) is 15.3. The Hall–Kier alpha value is -1.69. The molecule has 2 aromatic rings. The SMILES string of the molecule is O=C(c1ccccc1)[C@H](CN1CCCCC1)S(=O)(=O)c1ccc(Cl)cc1. The Bertz CT molecular complexity index is 844. The number of likely N-dealkylation sites (tertiary alicyclic amines) is 1. The Morgan fingerprint density at radius 1 is 0.962 bits per heavy atom. The third-order valence-electron chi connectivity index (χ3n) is 4.74.